The summed E-state index contributed by atoms with van der Waals surface area (Å²) >= 11 is 0. The van der Waals surface area contributed by atoms with Crippen molar-refractivity contribution in [3.8, 4) is 0 Å². The maximum atomic E-state index is 10.7. The Labute approximate surface area is 108 Å². The average molecular weight is 252 g/mol. The number of aliphatic hydroxyl groups is 1. The fourth-order valence-corrected chi connectivity index (χ4v) is 3.26. The second-order valence-electron chi connectivity index (χ2n) is 6.29. The van der Waals surface area contributed by atoms with Crippen LogP contribution in [0.25, 0.3) is 0 Å². The number of aromatic nitrogens is 3. The lowest BCUT2D eigenvalue weighted by Crippen LogP contribution is -2.53. The van der Waals surface area contributed by atoms with Crippen LogP contribution in [0, 0.1) is 10.8 Å². The molecule has 0 aromatic carbocycles. The van der Waals surface area contributed by atoms with Crippen molar-refractivity contribution in [1.82, 2.24) is 14.8 Å². The summed E-state index contributed by atoms with van der Waals surface area (Å²) in [6.45, 7) is 4.74. The molecular formula is C13H24N4O. The molecule has 0 bridgehead atoms. The van der Waals surface area contributed by atoms with Gasteiger partial charge in [-0.25, -0.2) is 4.98 Å². The predicted octanol–water partition coefficient (Wildman–Crippen LogP) is 0.874. The van der Waals surface area contributed by atoms with Gasteiger partial charge in [0.25, 0.3) is 0 Å². The Morgan fingerprint density at radius 1 is 1.50 bits per heavy atom. The van der Waals surface area contributed by atoms with Crippen molar-refractivity contribution >= 4 is 0 Å². The van der Waals surface area contributed by atoms with Crippen molar-refractivity contribution in [1.29, 1.82) is 0 Å². The van der Waals surface area contributed by atoms with E-state index in [1.807, 2.05) is 7.05 Å². The fourth-order valence-electron chi connectivity index (χ4n) is 3.26. The largest absolute Gasteiger partial charge is 0.392 e. The van der Waals surface area contributed by atoms with Gasteiger partial charge in [-0.2, -0.15) is 5.10 Å². The molecule has 1 aliphatic carbocycles. The molecule has 102 valence electrons. The molecule has 2 unspecified atom stereocenters. The van der Waals surface area contributed by atoms with E-state index in [4.69, 9.17) is 5.73 Å². The number of hydrogen-bond donors (Lipinski definition) is 2. The minimum Gasteiger partial charge on any atom is -0.392 e. The average Bonchev–Trinajstić information content (AvgIpc) is 2.71. The Bertz CT molecular complexity index is 415. The molecule has 1 aromatic rings. The van der Waals surface area contributed by atoms with Gasteiger partial charge in [-0.05, 0) is 18.3 Å². The molecule has 1 fully saturated rings. The highest BCUT2D eigenvalue weighted by Crippen LogP contribution is 2.47. The van der Waals surface area contributed by atoms with E-state index in [1.165, 1.54) is 0 Å². The van der Waals surface area contributed by atoms with E-state index in [0.29, 0.717) is 13.0 Å². The molecule has 5 nitrogen and oxygen atoms in total. The molecule has 1 saturated carbocycles. The summed E-state index contributed by atoms with van der Waals surface area (Å²) in [6.07, 6.45) is 4.99. The van der Waals surface area contributed by atoms with Crippen molar-refractivity contribution < 1.29 is 5.11 Å². The Morgan fingerprint density at radius 3 is 2.78 bits per heavy atom. The number of hydrogen-bond acceptors (Lipinski definition) is 4. The van der Waals surface area contributed by atoms with Gasteiger partial charge in [0.05, 0.1) is 6.10 Å². The lowest BCUT2D eigenvalue weighted by Gasteiger charge is -2.49. The summed E-state index contributed by atoms with van der Waals surface area (Å²) in [5, 5.41) is 14.8. The number of nitrogens with zero attached hydrogens (tertiary/aromatic N) is 3. The standard InChI is InChI=1S/C13H24N4O/c1-12(2)5-4-6-13(8-14,11(12)18)7-10-15-9-16-17(10)3/h9,11,18H,4-8,14H2,1-3H3. The Morgan fingerprint density at radius 2 is 2.22 bits per heavy atom. The molecule has 0 aliphatic heterocycles. The molecule has 1 aliphatic rings. The van der Waals surface area contributed by atoms with Crippen molar-refractivity contribution in [2.75, 3.05) is 6.54 Å². The first-order chi connectivity index (χ1) is 8.41. The molecule has 5 heteroatoms. The van der Waals surface area contributed by atoms with Gasteiger partial charge < -0.3 is 10.8 Å². The smallest absolute Gasteiger partial charge is 0.138 e. The van der Waals surface area contributed by atoms with E-state index in [2.05, 4.69) is 23.9 Å². The van der Waals surface area contributed by atoms with E-state index < -0.39 is 0 Å². The summed E-state index contributed by atoms with van der Waals surface area (Å²) < 4.78 is 1.77. The Balaban J connectivity index is 2.27. The summed E-state index contributed by atoms with van der Waals surface area (Å²) in [7, 11) is 1.88. The van der Waals surface area contributed by atoms with Crippen LogP contribution < -0.4 is 5.73 Å². The van der Waals surface area contributed by atoms with E-state index in [-0.39, 0.29) is 16.9 Å². The number of rotatable bonds is 3. The predicted molar refractivity (Wildman–Crippen MR) is 69.8 cm³/mol. The maximum Gasteiger partial charge on any atom is 0.138 e. The first-order valence-corrected chi connectivity index (χ1v) is 6.62. The zero-order chi connectivity index (χ0) is 13.4. The molecule has 2 rings (SSSR count). The third-order valence-corrected chi connectivity index (χ3v) is 4.54. The SMILES string of the molecule is Cn1ncnc1CC1(CN)CCCC(C)(C)C1O. The van der Waals surface area contributed by atoms with Crippen molar-refractivity contribution in [3.05, 3.63) is 12.2 Å². The van der Waals surface area contributed by atoms with E-state index in [0.717, 1.165) is 25.1 Å². The van der Waals surface area contributed by atoms with Gasteiger partial charge in [-0.15, -0.1) is 0 Å². The first kappa shape index (κ1) is 13.5. The lowest BCUT2D eigenvalue weighted by molar-refractivity contribution is -0.0895. The van der Waals surface area contributed by atoms with Crippen LogP contribution >= 0.6 is 0 Å². The second kappa shape index (κ2) is 4.63. The molecule has 0 saturated heterocycles. The fraction of sp³-hybridized carbons (Fsp3) is 0.846. The van der Waals surface area contributed by atoms with E-state index in [9.17, 15) is 5.11 Å². The van der Waals surface area contributed by atoms with Gasteiger partial charge in [-0.3, -0.25) is 4.68 Å². The van der Waals surface area contributed by atoms with Crippen LogP contribution in [0.5, 0.6) is 0 Å². The van der Waals surface area contributed by atoms with Gasteiger partial charge in [0.1, 0.15) is 12.2 Å². The number of aliphatic hydroxyl groups excluding tert-OH is 1. The molecule has 3 N–H and O–H groups in total. The van der Waals surface area contributed by atoms with Gasteiger partial charge in [-0.1, -0.05) is 20.3 Å². The topological polar surface area (TPSA) is 77.0 Å². The third-order valence-electron chi connectivity index (χ3n) is 4.54. The Hall–Kier alpha value is -0.940. The second-order valence-corrected chi connectivity index (χ2v) is 6.29. The van der Waals surface area contributed by atoms with Gasteiger partial charge in [0.15, 0.2) is 0 Å². The van der Waals surface area contributed by atoms with Crippen LogP contribution in [-0.2, 0) is 13.5 Å². The summed E-state index contributed by atoms with van der Waals surface area (Å²) in [6, 6.07) is 0. The molecule has 18 heavy (non-hydrogen) atoms. The molecule has 0 radical (unpaired) electrons. The molecular weight excluding hydrogens is 228 g/mol. The highest BCUT2D eigenvalue weighted by Gasteiger charge is 2.48. The maximum absolute atomic E-state index is 10.7. The minimum atomic E-state index is -0.388. The van der Waals surface area contributed by atoms with E-state index in [1.54, 1.807) is 11.0 Å². The molecule has 2 atom stereocenters. The van der Waals surface area contributed by atoms with Crippen LogP contribution in [0.3, 0.4) is 0 Å². The lowest BCUT2D eigenvalue weighted by atomic mass is 9.59. The van der Waals surface area contributed by atoms with E-state index >= 15 is 0 Å². The van der Waals surface area contributed by atoms with Crippen LogP contribution in [0.15, 0.2) is 6.33 Å². The highest BCUT2D eigenvalue weighted by molar-refractivity contribution is 5.04. The highest BCUT2D eigenvalue weighted by atomic mass is 16.3. The third kappa shape index (κ3) is 2.17. The van der Waals surface area contributed by atoms with Gasteiger partial charge in [0.2, 0.25) is 0 Å². The van der Waals surface area contributed by atoms with Crippen LogP contribution in [0.4, 0.5) is 0 Å². The zero-order valence-corrected chi connectivity index (χ0v) is 11.6. The molecule has 0 spiro atoms. The number of nitrogens with two attached hydrogens (primary N) is 1. The Kier molecular flexibility index (Phi) is 3.47. The minimum absolute atomic E-state index is 0.0732. The summed E-state index contributed by atoms with van der Waals surface area (Å²) in [5.74, 6) is 0.900. The first-order valence-electron chi connectivity index (χ1n) is 6.62. The summed E-state index contributed by atoms with van der Waals surface area (Å²) in [4.78, 5) is 4.27. The summed E-state index contributed by atoms with van der Waals surface area (Å²) in [5.41, 5.74) is 5.66. The van der Waals surface area contributed by atoms with Crippen molar-refractivity contribution in [2.24, 2.45) is 23.6 Å². The quantitative estimate of drug-likeness (QED) is 0.837. The van der Waals surface area contributed by atoms with Gasteiger partial charge >= 0.3 is 0 Å². The van der Waals surface area contributed by atoms with Crippen LogP contribution in [-0.4, -0.2) is 32.5 Å². The molecule has 0 amide bonds. The van der Waals surface area contributed by atoms with Crippen LogP contribution in [0.2, 0.25) is 0 Å². The normalized spacial score (nSPS) is 31.5. The zero-order valence-electron chi connectivity index (χ0n) is 11.6. The monoisotopic (exact) mass is 252 g/mol. The van der Waals surface area contributed by atoms with Gasteiger partial charge in [0, 0.05) is 25.4 Å². The van der Waals surface area contributed by atoms with Crippen molar-refractivity contribution in [2.45, 2.75) is 45.6 Å². The molecule has 1 heterocycles. The molecule has 1 aromatic heterocycles. The number of aryl methyl sites for hydroxylation is 1. The van der Waals surface area contributed by atoms with Crippen LogP contribution in [0.1, 0.15) is 38.9 Å². The van der Waals surface area contributed by atoms with Crippen molar-refractivity contribution in [3.63, 3.8) is 0 Å².